The summed E-state index contributed by atoms with van der Waals surface area (Å²) in [4.78, 5) is -0.440. The maximum atomic E-state index is 13.8. The first-order chi connectivity index (χ1) is 9.34. The fourth-order valence-corrected chi connectivity index (χ4v) is 3.91. The van der Waals surface area contributed by atoms with Crippen molar-refractivity contribution in [2.75, 3.05) is 6.54 Å². The smallest absolute Gasteiger partial charge is 0.243 e. The Morgan fingerprint density at radius 2 is 1.95 bits per heavy atom. The molecule has 0 unspecified atom stereocenters. The standard InChI is InChI=1S/C13H18ClFN2O2S/c14-10-5-4-6-11(12(10)15)20(18,19)17-9-13(16)7-2-1-3-8-13/h4-6,17H,1-3,7-9,16H2. The molecular weight excluding hydrogens is 303 g/mol. The van der Waals surface area contributed by atoms with Gasteiger partial charge >= 0.3 is 0 Å². The molecule has 7 heteroatoms. The van der Waals surface area contributed by atoms with Gasteiger partial charge in [0.15, 0.2) is 5.82 Å². The summed E-state index contributed by atoms with van der Waals surface area (Å²) in [6.07, 6.45) is 4.64. The van der Waals surface area contributed by atoms with Crippen LogP contribution in [0.2, 0.25) is 5.02 Å². The molecule has 0 bridgehead atoms. The summed E-state index contributed by atoms with van der Waals surface area (Å²) in [5.41, 5.74) is 5.62. The first-order valence-corrected chi connectivity index (χ1v) is 8.43. The van der Waals surface area contributed by atoms with Gasteiger partial charge in [-0.1, -0.05) is 36.9 Å². The zero-order chi connectivity index (χ0) is 14.8. The van der Waals surface area contributed by atoms with Crippen molar-refractivity contribution in [2.24, 2.45) is 5.73 Å². The third-order valence-electron chi connectivity index (χ3n) is 3.67. The minimum Gasteiger partial charge on any atom is -0.324 e. The van der Waals surface area contributed by atoms with E-state index < -0.39 is 26.3 Å². The first-order valence-electron chi connectivity index (χ1n) is 6.57. The Hall–Kier alpha value is -0.690. The number of halogens is 2. The maximum Gasteiger partial charge on any atom is 0.243 e. The van der Waals surface area contributed by atoms with Gasteiger partial charge in [-0.3, -0.25) is 0 Å². The minimum absolute atomic E-state index is 0.112. The van der Waals surface area contributed by atoms with E-state index in [0.717, 1.165) is 32.1 Å². The summed E-state index contributed by atoms with van der Waals surface area (Å²) < 4.78 is 40.4. The van der Waals surface area contributed by atoms with E-state index in [4.69, 9.17) is 17.3 Å². The summed E-state index contributed by atoms with van der Waals surface area (Å²) in [6, 6.07) is 3.90. The molecule has 2 rings (SSSR count). The molecule has 20 heavy (non-hydrogen) atoms. The van der Waals surface area contributed by atoms with Crippen LogP contribution in [-0.4, -0.2) is 20.5 Å². The second-order valence-corrected chi connectivity index (χ2v) is 7.44. The van der Waals surface area contributed by atoms with Gasteiger partial charge in [0.25, 0.3) is 0 Å². The summed E-state index contributed by atoms with van der Waals surface area (Å²) in [6.45, 7) is 0.112. The third kappa shape index (κ3) is 3.49. The van der Waals surface area contributed by atoms with Gasteiger partial charge in [-0.2, -0.15) is 0 Å². The molecule has 1 aromatic carbocycles. The average Bonchev–Trinajstić information content (AvgIpc) is 2.41. The van der Waals surface area contributed by atoms with Crippen molar-refractivity contribution >= 4 is 21.6 Å². The van der Waals surface area contributed by atoms with E-state index in [9.17, 15) is 12.8 Å². The van der Waals surface area contributed by atoms with Gasteiger partial charge in [-0.25, -0.2) is 17.5 Å². The van der Waals surface area contributed by atoms with Crippen LogP contribution in [0.5, 0.6) is 0 Å². The van der Waals surface area contributed by atoms with Crippen LogP contribution >= 0.6 is 11.6 Å². The largest absolute Gasteiger partial charge is 0.324 e. The van der Waals surface area contributed by atoms with Crippen molar-refractivity contribution in [3.8, 4) is 0 Å². The lowest BCUT2D eigenvalue weighted by atomic mass is 9.83. The van der Waals surface area contributed by atoms with Gasteiger partial charge in [0.2, 0.25) is 10.0 Å². The van der Waals surface area contributed by atoms with E-state index in [-0.39, 0.29) is 11.6 Å². The Morgan fingerprint density at radius 1 is 1.30 bits per heavy atom. The van der Waals surface area contributed by atoms with Crippen molar-refractivity contribution < 1.29 is 12.8 Å². The van der Waals surface area contributed by atoms with Gasteiger partial charge < -0.3 is 5.73 Å². The average molecular weight is 321 g/mol. The molecule has 0 radical (unpaired) electrons. The number of nitrogens with one attached hydrogen (secondary N) is 1. The van der Waals surface area contributed by atoms with Gasteiger partial charge in [0, 0.05) is 12.1 Å². The minimum atomic E-state index is -3.94. The Labute approximate surface area is 123 Å². The van der Waals surface area contributed by atoms with Crippen molar-refractivity contribution in [1.82, 2.24) is 4.72 Å². The second-order valence-electron chi connectivity index (χ2n) is 5.30. The van der Waals surface area contributed by atoms with E-state index in [1.807, 2.05) is 0 Å². The molecule has 1 aromatic rings. The zero-order valence-corrected chi connectivity index (χ0v) is 12.6. The van der Waals surface area contributed by atoms with Crippen LogP contribution in [0.1, 0.15) is 32.1 Å². The first kappa shape index (κ1) is 15.7. The summed E-state index contributed by atoms with van der Waals surface area (Å²) in [5.74, 6) is -0.934. The lowest BCUT2D eigenvalue weighted by molar-refractivity contribution is 0.296. The van der Waals surface area contributed by atoms with Gasteiger partial charge in [0.1, 0.15) is 4.90 Å². The molecule has 1 fully saturated rings. The maximum absolute atomic E-state index is 13.8. The van der Waals surface area contributed by atoms with Crippen LogP contribution in [0.4, 0.5) is 4.39 Å². The number of rotatable bonds is 4. The molecule has 0 aliphatic heterocycles. The predicted octanol–water partition coefficient (Wildman–Crippen LogP) is 2.42. The molecule has 0 saturated heterocycles. The summed E-state index contributed by atoms with van der Waals surface area (Å²) in [5, 5.41) is -0.215. The van der Waals surface area contributed by atoms with Crippen LogP contribution in [0.15, 0.2) is 23.1 Å². The Bertz CT molecular complexity index is 586. The van der Waals surface area contributed by atoms with Crippen LogP contribution in [-0.2, 0) is 10.0 Å². The molecule has 0 heterocycles. The van der Waals surface area contributed by atoms with E-state index in [1.54, 1.807) is 0 Å². The molecule has 112 valence electrons. The van der Waals surface area contributed by atoms with Gasteiger partial charge in [-0.15, -0.1) is 0 Å². The molecular formula is C13H18ClFN2O2S. The van der Waals surface area contributed by atoms with Crippen molar-refractivity contribution in [2.45, 2.75) is 42.5 Å². The molecule has 0 amide bonds. The van der Waals surface area contributed by atoms with E-state index >= 15 is 0 Å². The highest BCUT2D eigenvalue weighted by Crippen LogP contribution is 2.26. The number of hydrogen-bond acceptors (Lipinski definition) is 3. The number of sulfonamides is 1. The van der Waals surface area contributed by atoms with Crippen LogP contribution in [0, 0.1) is 5.82 Å². The van der Waals surface area contributed by atoms with Crippen LogP contribution in [0.25, 0.3) is 0 Å². The highest BCUT2D eigenvalue weighted by molar-refractivity contribution is 7.89. The van der Waals surface area contributed by atoms with Crippen LogP contribution in [0.3, 0.4) is 0 Å². The van der Waals surface area contributed by atoms with E-state index in [1.165, 1.54) is 18.2 Å². The normalized spacial score (nSPS) is 18.9. The molecule has 1 saturated carbocycles. The van der Waals surface area contributed by atoms with Crippen molar-refractivity contribution in [1.29, 1.82) is 0 Å². The fraction of sp³-hybridized carbons (Fsp3) is 0.538. The third-order valence-corrected chi connectivity index (χ3v) is 5.38. The molecule has 1 aliphatic carbocycles. The Kier molecular flexibility index (Phi) is 4.69. The summed E-state index contributed by atoms with van der Waals surface area (Å²) >= 11 is 5.60. The lowest BCUT2D eigenvalue weighted by Crippen LogP contribution is -2.51. The monoisotopic (exact) mass is 320 g/mol. The van der Waals surface area contributed by atoms with Gasteiger partial charge in [0.05, 0.1) is 5.02 Å². The molecule has 0 atom stereocenters. The predicted molar refractivity (Wildman–Crippen MR) is 76.6 cm³/mol. The number of hydrogen-bond donors (Lipinski definition) is 2. The fourth-order valence-electron chi connectivity index (χ4n) is 2.44. The molecule has 4 nitrogen and oxygen atoms in total. The van der Waals surface area contributed by atoms with Crippen LogP contribution < -0.4 is 10.5 Å². The number of benzene rings is 1. The second kappa shape index (κ2) is 5.97. The highest BCUT2D eigenvalue weighted by Gasteiger charge is 2.30. The summed E-state index contributed by atoms with van der Waals surface area (Å²) in [7, 11) is -3.94. The highest BCUT2D eigenvalue weighted by atomic mass is 35.5. The van der Waals surface area contributed by atoms with Gasteiger partial charge in [-0.05, 0) is 25.0 Å². The van der Waals surface area contributed by atoms with Crippen molar-refractivity contribution in [3.05, 3.63) is 29.0 Å². The molecule has 1 aliphatic rings. The molecule has 3 N–H and O–H groups in total. The number of nitrogens with two attached hydrogens (primary N) is 1. The molecule has 0 aromatic heterocycles. The zero-order valence-electron chi connectivity index (χ0n) is 11.0. The van der Waals surface area contributed by atoms with E-state index in [0.29, 0.717) is 0 Å². The topological polar surface area (TPSA) is 72.2 Å². The Balaban J connectivity index is 2.13. The SMILES string of the molecule is NC1(CNS(=O)(=O)c2cccc(Cl)c2F)CCCCC1. The molecule has 0 spiro atoms. The Morgan fingerprint density at radius 3 is 2.60 bits per heavy atom. The van der Waals surface area contributed by atoms with E-state index in [2.05, 4.69) is 4.72 Å². The quantitative estimate of drug-likeness (QED) is 0.895. The lowest BCUT2D eigenvalue weighted by Gasteiger charge is -2.33. The van der Waals surface area contributed by atoms with Crippen molar-refractivity contribution in [3.63, 3.8) is 0 Å².